The van der Waals surface area contributed by atoms with E-state index < -0.39 is 0 Å². The summed E-state index contributed by atoms with van der Waals surface area (Å²) < 4.78 is 5.56. The SMILES string of the molecule is O=C(NC[C@@H]1C[C@]12CCc1ccccc12)N1CC[C@]2(CCOC2)C1. The van der Waals surface area contributed by atoms with Gasteiger partial charge in [-0.05, 0) is 49.1 Å². The second-order valence-electron chi connectivity index (χ2n) is 8.37. The number of nitrogens with zero attached hydrogens (tertiary/aromatic N) is 1. The van der Waals surface area contributed by atoms with E-state index in [1.165, 1.54) is 24.8 Å². The number of benzene rings is 1. The van der Waals surface area contributed by atoms with Gasteiger partial charge in [0, 0.05) is 37.1 Å². The van der Waals surface area contributed by atoms with Crippen LogP contribution in [0.15, 0.2) is 24.3 Å². The quantitative estimate of drug-likeness (QED) is 0.908. The molecule has 1 aromatic carbocycles. The average molecular weight is 326 g/mol. The number of ether oxygens (including phenoxy) is 1. The van der Waals surface area contributed by atoms with E-state index in [1.54, 1.807) is 5.56 Å². The van der Waals surface area contributed by atoms with Gasteiger partial charge in [-0.15, -0.1) is 0 Å². The second kappa shape index (κ2) is 5.22. The lowest BCUT2D eigenvalue weighted by Crippen LogP contribution is -2.41. The van der Waals surface area contributed by atoms with Gasteiger partial charge in [0.2, 0.25) is 0 Å². The van der Waals surface area contributed by atoms with Crippen molar-refractivity contribution in [1.29, 1.82) is 0 Å². The Bertz CT molecular complexity index is 667. The Labute approximate surface area is 143 Å². The first kappa shape index (κ1) is 14.8. The zero-order valence-corrected chi connectivity index (χ0v) is 14.2. The highest BCUT2D eigenvalue weighted by Gasteiger charge is 2.57. The maximum Gasteiger partial charge on any atom is 0.317 e. The molecule has 0 radical (unpaired) electrons. The van der Waals surface area contributed by atoms with Crippen molar-refractivity contribution in [2.45, 2.75) is 37.5 Å². The van der Waals surface area contributed by atoms with Crippen molar-refractivity contribution in [3.8, 4) is 0 Å². The van der Waals surface area contributed by atoms with Gasteiger partial charge < -0.3 is 15.0 Å². The lowest BCUT2D eigenvalue weighted by Gasteiger charge is -2.22. The average Bonchev–Trinajstić information content (AvgIpc) is 2.98. The molecular weight excluding hydrogens is 300 g/mol. The first-order valence-electron chi connectivity index (χ1n) is 9.40. The molecule has 1 saturated carbocycles. The molecule has 4 nitrogen and oxygen atoms in total. The van der Waals surface area contributed by atoms with Crippen LogP contribution in [0.2, 0.25) is 0 Å². The van der Waals surface area contributed by atoms with Gasteiger partial charge >= 0.3 is 6.03 Å². The van der Waals surface area contributed by atoms with Crippen molar-refractivity contribution < 1.29 is 9.53 Å². The number of rotatable bonds is 2. The van der Waals surface area contributed by atoms with Crippen LogP contribution >= 0.6 is 0 Å². The van der Waals surface area contributed by atoms with Gasteiger partial charge in [0.25, 0.3) is 0 Å². The summed E-state index contributed by atoms with van der Waals surface area (Å²) in [5.74, 6) is 0.622. The number of likely N-dealkylation sites (tertiary alicyclic amines) is 1. The van der Waals surface area contributed by atoms with Crippen LogP contribution in [0.5, 0.6) is 0 Å². The zero-order chi connectivity index (χ0) is 16.2. The second-order valence-corrected chi connectivity index (χ2v) is 8.37. The molecule has 2 aliphatic heterocycles. The molecule has 5 rings (SSSR count). The molecule has 2 heterocycles. The van der Waals surface area contributed by atoms with Gasteiger partial charge in [-0.1, -0.05) is 24.3 Å². The van der Waals surface area contributed by atoms with Gasteiger partial charge in [0.1, 0.15) is 0 Å². The summed E-state index contributed by atoms with van der Waals surface area (Å²) in [5, 5.41) is 3.22. The molecule has 2 saturated heterocycles. The third-order valence-electron chi connectivity index (χ3n) is 7.04. The number of hydrogen-bond donors (Lipinski definition) is 1. The van der Waals surface area contributed by atoms with Crippen molar-refractivity contribution in [2.75, 3.05) is 32.8 Å². The van der Waals surface area contributed by atoms with Crippen LogP contribution in [0.3, 0.4) is 0 Å². The van der Waals surface area contributed by atoms with Crippen molar-refractivity contribution in [2.24, 2.45) is 11.3 Å². The summed E-state index contributed by atoms with van der Waals surface area (Å²) in [6, 6.07) is 9.01. The van der Waals surface area contributed by atoms with Crippen LogP contribution in [-0.2, 0) is 16.6 Å². The third kappa shape index (κ3) is 2.19. The van der Waals surface area contributed by atoms with E-state index in [2.05, 4.69) is 29.6 Å². The van der Waals surface area contributed by atoms with E-state index >= 15 is 0 Å². The highest BCUT2D eigenvalue weighted by atomic mass is 16.5. The lowest BCUT2D eigenvalue weighted by atomic mass is 9.87. The van der Waals surface area contributed by atoms with E-state index in [0.29, 0.717) is 11.3 Å². The Balaban J connectivity index is 1.18. The minimum Gasteiger partial charge on any atom is -0.381 e. The first-order valence-corrected chi connectivity index (χ1v) is 9.40. The van der Waals surface area contributed by atoms with Crippen LogP contribution < -0.4 is 5.32 Å². The molecule has 0 unspecified atom stereocenters. The monoisotopic (exact) mass is 326 g/mol. The van der Waals surface area contributed by atoms with Crippen LogP contribution in [0.1, 0.15) is 36.8 Å². The van der Waals surface area contributed by atoms with Crippen LogP contribution in [0, 0.1) is 11.3 Å². The fourth-order valence-electron chi connectivity index (χ4n) is 5.40. The fraction of sp³-hybridized carbons (Fsp3) is 0.650. The number of hydrogen-bond acceptors (Lipinski definition) is 2. The van der Waals surface area contributed by atoms with E-state index in [9.17, 15) is 4.79 Å². The molecule has 2 amide bonds. The molecule has 2 aliphatic carbocycles. The molecule has 3 atom stereocenters. The summed E-state index contributed by atoms with van der Waals surface area (Å²) in [5.41, 5.74) is 3.69. The van der Waals surface area contributed by atoms with Crippen LogP contribution in [0.4, 0.5) is 4.79 Å². The van der Waals surface area contributed by atoms with Crippen molar-refractivity contribution in [3.63, 3.8) is 0 Å². The first-order chi connectivity index (χ1) is 11.7. The summed E-state index contributed by atoms with van der Waals surface area (Å²) in [4.78, 5) is 14.5. The maximum atomic E-state index is 12.5. The summed E-state index contributed by atoms with van der Waals surface area (Å²) in [7, 11) is 0. The highest BCUT2D eigenvalue weighted by Crippen LogP contribution is 2.61. The van der Waals surface area contributed by atoms with E-state index in [1.807, 2.05) is 4.90 Å². The predicted molar refractivity (Wildman–Crippen MR) is 92.0 cm³/mol. The van der Waals surface area contributed by atoms with Crippen molar-refractivity contribution in [1.82, 2.24) is 10.2 Å². The summed E-state index contributed by atoms with van der Waals surface area (Å²) in [6.45, 7) is 4.28. The maximum absolute atomic E-state index is 12.5. The molecule has 4 aliphatic rings. The van der Waals surface area contributed by atoms with Gasteiger partial charge in [0.05, 0.1) is 6.61 Å². The number of amides is 2. The molecule has 24 heavy (non-hydrogen) atoms. The normalized spacial score (nSPS) is 36.5. The Kier molecular flexibility index (Phi) is 3.21. The summed E-state index contributed by atoms with van der Waals surface area (Å²) >= 11 is 0. The number of carbonyl (C=O) groups is 1. The zero-order valence-electron chi connectivity index (χ0n) is 14.2. The van der Waals surface area contributed by atoms with E-state index in [0.717, 1.165) is 45.7 Å². The Morgan fingerprint density at radius 1 is 1.29 bits per heavy atom. The minimum atomic E-state index is 0.132. The Morgan fingerprint density at radius 2 is 2.21 bits per heavy atom. The minimum absolute atomic E-state index is 0.132. The smallest absolute Gasteiger partial charge is 0.317 e. The third-order valence-corrected chi connectivity index (χ3v) is 7.04. The molecule has 0 aromatic heterocycles. The predicted octanol–water partition coefficient (Wildman–Crippen LogP) is 2.71. The number of carbonyl (C=O) groups excluding carboxylic acids is 1. The number of urea groups is 1. The molecule has 1 N–H and O–H groups in total. The largest absolute Gasteiger partial charge is 0.381 e. The van der Waals surface area contributed by atoms with E-state index in [4.69, 9.17) is 4.74 Å². The van der Waals surface area contributed by atoms with Gasteiger partial charge in [-0.25, -0.2) is 4.79 Å². The molecule has 3 fully saturated rings. The lowest BCUT2D eigenvalue weighted by molar-refractivity contribution is 0.152. The number of fused-ring (bicyclic) bond motifs is 2. The topological polar surface area (TPSA) is 41.6 Å². The molecule has 128 valence electrons. The van der Waals surface area contributed by atoms with Crippen molar-refractivity contribution >= 4 is 6.03 Å². The summed E-state index contributed by atoms with van der Waals surface area (Å²) in [6.07, 6.45) is 5.91. The van der Waals surface area contributed by atoms with Gasteiger partial charge in [-0.2, -0.15) is 0 Å². The van der Waals surface area contributed by atoms with Crippen LogP contribution in [-0.4, -0.2) is 43.8 Å². The standard InChI is InChI=1S/C20H26N2O2/c23-18(22-9-7-19(13-22)8-10-24-14-19)21-12-16-11-20(16)6-5-15-3-1-2-4-17(15)20/h1-4,16H,5-14H2,(H,21,23)/t16-,19-,20+/m0/s1. The Morgan fingerprint density at radius 3 is 3.08 bits per heavy atom. The molecule has 0 bridgehead atoms. The number of nitrogens with one attached hydrogen (secondary N) is 1. The van der Waals surface area contributed by atoms with Gasteiger partial charge in [-0.3, -0.25) is 0 Å². The Hall–Kier alpha value is -1.55. The fourth-order valence-corrected chi connectivity index (χ4v) is 5.40. The van der Waals surface area contributed by atoms with E-state index in [-0.39, 0.29) is 11.4 Å². The molecule has 4 heteroatoms. The molecular formula is C20H26N2O2. The highest BCUT2D eigenvalue weighted by molar-refractivity contribution is 5.74. The molecule has 1 aromatic rings. The number of aryl methyl sites for hydroxylation is 1. The molecule has 2 spiro atoms. The van der Waals surface area contributed by atoms with Gasteiger partial charge in [0.15, 0.2) is 0 Å². The van der Waals surface area contributed by atoms with Crippen LogP contribution in [0.25, 0.3) is 0 Å². The van der Waals surface area contributed by atoms with Crippen molar-refractivity contribution in [3.05, 3.63) is 35.4 Å².